The van der Waals surface area contributed by atoms with Crippen LogP contribution in [0.25, 0.3) is 0 Å². The summed E-state index contributed by atoms with van der Waals surface area (Å²) in [6.45, 7) is 1.04. The number of nitrogens with one attached hydrogen (secondary N) is 2. The molecule has 2 fully saturated rings. The van der Waals surface area contributed by atoms with Gasteiger partial charge in [0.25, 0.3) is 0 Å². The van der Waals surface area contributed by atoms with E-state index >= 15 is 0 Å². The number of rotatable bonds is 4. The average Bonchev–Trinajstić information content (AvgIpc) is 3.18. The maximum absolute atomic E-state index is 12.6. The Morgan fingerprint density at radius 2 is 2.04 bits per heavy atom. The average molecular weight is 355 g/mol. The zero-order valence-corrected chi connectivity index (χ0v) is 14.5. The molecule has 4 rings (SSSR count). The third-order valence-electron chi connectivity index (χ3n) is 5.16. The number of amides is 3. The van der Waals surface area contributed by atoms with Crippen LogP contribution >= 0.6 is 0 Å². The van der Waals surface area contributed by atoms with Crippen molar-refractivity contribution in [2.45, 2.75) is 25.0 Å². The van der Waals surface area contributed by atoms with Crippen molar-refractivity contribution >= 4 is 11.9 Å². The van der Waals surface area contributed by atoms with E-state index in [1.54, 1.807) is 24.3 Å². The van der Waals surface area contributed by atoms with E-state index in [-0.39, 0.29) is 23.9 Å². The first kappa shape index (κ1) is 16.7. The molecule has 3 amide bonds. The number of hydrogen-bond donors (Lipinski definition) is 2. The number of hydrogen-bond acceptors (Lipinski definition) is 5. The first-order valence-corrected chi connectivity index (χ1v) is 8.68. The molecule has 2 saturated heterocycles. The van der Waals surface area contributed by atoms with Crippen molar-refractivity contribution in [2.24, 2.45) is 5.92 Å². The Labute approximate surface area is 151 Å². The van der Waals surface area contributed by atoms with E-state index in [9.17, 15) is 9.59 Å². The molecule has 0 saturated carbocycles. The third kappa shape index (κ3) is 2.94. The molecule has 0 aliphatic carbocycles. The number of carbonyl (C=O) groups excluding carboxylic acids is 2. The summed E-state index contributed by atoms with van der Waals surface area (Å²) in [6, 6.07) is 11.0. The molecule has 0 bridgehead atoms. The summed E-state index contributed by atoms with van der Waals surface area (Å²) in [7, 11) is 1.63. The topological polar surface area (TPSA) is 83.8 Å². The van der Waals surface area contributed by atoms with Crippen LogP contribution in [-0.2, 0) is 11.3 Å². The number of carbonyl (C=O) groups is 2. The van der Waals surface area contributed by atoms with E-state index in [1.165, 1.54) is 0 Å². The SMILES string of the molecule is COc1ccc(C2CCNC3C2C(=O)NC(=O)N3Cc2ccco2)cc1. The van der Waals surface area contributed by atoms with Crippen molar-refractivity contribution in [3.05, 3.63) is 54.0 Å². The van der Waals surface area contributed by atoms with Gasteiger partial charge in [-0.05, 0) is 42.8 Å². The van der Waals surface area contributed by atoms with Gasteiger partial charge < -0.3 is 14.1 Å². The van der Waals surface area contributed by atoms with Gasteiger partial charge in [-0.15, -0.1) is 0 Å². The highest BCUT2D eigenvalue weighted by Gasteiger charge is 2.47. The summed E-state index contributed by atoms with van der Waals surface area (Å²) < 4.78 is 10.6. The smallest absolute Gasteiger partial charge is 0.325 e. The Balaban J connectivity index is 1.62. The van der Waals surface area contributed by atoms with Gasteiger partial charge in [0.15, 0.2) is 0 Å². The fraction of sp³-hybridized carbons (Fsp3) is 0.368. The van der Waals surface area contributed by atoms with E-state index < -0.39 is 6.03 Å². The van der Waals surface area contributed by atoms with Crippen LogP contribution in [0.5, 0.6) is 5.75 Å². The van der Waals surface area contributed by atoms with Gasteiger partial charge in [0, 0.05) is 5.92 Å². The van der Waals surface area contributed by atoms with Crippen molar-refractivity contribution in [2.75, 3.05) is 13.7 Å². The standard InChI is InChI=1S/C19H21N3O4/c1-25-13-6-4-12(5-7-13)15-8-9-20-17-16(15)18(23)21-19(24)22(17)11-14-3-2-10-26-14/h2-7,10,15-17,20H,8-9,11H2,1H3,(H,21,23,24). The summed E-state index contributed by atoms with van der Waals surface area (Å²) >= 11 is 0. The number of furan rings is 1. The molecule has 0 spiro atoms. The molecular formula is C19H21N3O4. The van der Waals surface area contributed by atoms with Crippen LogP contribution in [-0.4, -0.2) is 36.7 Å². The Bertz CT molecular complexity index is 788. The van der Waals surface area contributed by atoms with E-state index in [0.717, 1.165) is 24.3 Å². The molecule has 7 heteroatoms. The van der Waals surface area contributed by atoms with Gasteiger partial charge in [-0.25, -0.2) is 4.79 Å². The summed E-state index contributed by atoms with van der Waals surface area (Å²) in [5.41, 5.74) is 1.07. The van der Waals surface area contributed by atoms with Crippen LogP contribution in [0.1, 0.15) is 23.7 Å². The third-order valence-corrected chi connectivity index (χ3v) is 5.16. The number of methoxy groups -OCH3 is 1. The van der Waals surface area contributed by atoms with E-state index in [0.29, 0.717) is 12.3 Å². The highest BCUT2D eigenvalue weighted by Crippen LogP contribution is 2.37. The zero-order valence-electron chi connectivity index (χ0n) is 14.5. The van der Waals surface area contributed by atoms with Crippen LogP contribution in [0.4, 0.5) is 4.79 Å². The second-order valence-electron chi connectivity index (χ2n) is 6.59. The quantitative estimate of drug-likeness (QED) is 0.877. The van der Waals surface area contributed by atoms with Crippen LogP contribution < -0.4 is 15.4 Å². The maximum Gasteiger partial charge on any atom is 0.325 e. The number of ether oxygens (including phenoxy) is 1. The fourth-order valence-electron chi connectivity index (χ4n) is 3.90. The highest BCUT2D eigenvalue weighted by molar-refractivity contribution is 5.99. The van der Waals surface area contributed by atoms with Gasteiger partial charge in [0.1, 0.15) is 11.5 Å². The maximum atomic E-state index is 12.6. The summed E-state index contributed by atoms with van der Waals surface area (Å²) in [5.74, 6) is 0.899. The lowest BCUT2D eigenvalue weighted by Crippen LogP contribution is -2.67. The monoisotopic (exact) mass is 355 g/mol. The highest BCUT2D eigenvalue weighted by atomic mass is 16.5. The van der Waals surface area contributed by atoms with Crippen LogP contribution in [0.3, 0.4) is 0 Å². The molecule has 2 N–H and O–H groups in total. The number of urea groups is 1. The minimum Gasteiger partial charge on any atom is -0.497 e. The first-order chi connectivity index (χ1) is 12.7. The minimum atomic E-state index is -0.393. The second-order valence-corrected chi connectivity index (χ2v) is 6.59. The van der Waals surface area contributed by atoms with Gasteiger partial charge in [0.05, 0.1) is 32.0 Å². The van der Waals surface area contributed by atoms with Crippen molar-refractivity contribution in [1.82, 2.24) is 15.5 Å². The zero-order chi connectivity index (χ0) is 18.1. The van der Waals surface area contributed by atoms with E-state index in [2.05, 4.69) is 10.6 Å². The lowest BCUT2D eigenvalue weighted by Gasteiger charge is -2.46. The molecule has 2 aliphatic rings. The number of imide groups is 1. The van der Waals surface area contributed by atoms with Gasteiger partial charge in [-0.1, -0.05) is 12.1 Å². The van der Waals surface area contributed by atoms with E-state index in [1.807, 2.05) is 30.3 Å². The van der Waals surface area contributed by atoms with Crippen LogP contribution in [0.2, 0.25) is 0 Å². The number of piperidine rings is 1. The Kier molecular flexibility index (Phi) is 4.38. The second kappa shape index (κ2) is 6.84. The molecular weight excluding hydrogens is 334 g/mol. The van der Waals surface area contributed by atoms with Gasteiger partial charge >= 0.3 is 6.03 Å². The summed E-state index contributed by atoms with van der Waals surface area (Å²) in [4.78, 5) is 26.7. The minimum absolute atomic E-state index is 0.0272. The summed E-state index contributed by atoms with van der Waals surface area (Å²) in [6.07, 6.45) is 2.04. The fourth-order valence-corrected chi connectivity index (χ4v) is 3.90. The Morgan fingerprint density at radius 1 is 1.23 bits per heavy atom. The summed E-state index contributed by atoms with van der Waals surface area (Å²) in [5, 5.41) is 5.85. The normalized spacial score (nSPS) is 25.6. The van der Waals surface area contributed by atoms with E-state index in [4.69, 9.17) is 9.15 Å². The molecule has 0 radical (unpaired) electrons. The predicted octanol–water partition coefficient (Wildman–Crippen LogP) is 2.06. The molecule has 136 valence electrons. The van der Waals surface area contributed by atoms with Gasteiger partial charge in [-0.2, -0.15) is 0 Å². The molecule has 2 aromatic rings. The molecule has 3 unspecified atom stereocenters. The largest absolute Gasteiger partial charge is 0.497 e. The van der Waals surface area contributed by atoms with Crippen molar-refractivity contribution in [3.8, 4) is 5.75 Å². The molecule has 7 nitrogen and oxygen atoms in total. The van der Waals surface area contributed by atoms with Crippen LogP contribution in [0.15, 0.2) is 47.1 Å². The Morgan fingerprint density at radius 3 is 2.73 bits per heavy atom. The van der Waals surface area contributed by atoms with Gasteiger partial charge in [-0.3, -0.25) is 15.4 Å². The molecule has 3 atom stereocenters. The predicted molar refractivity (Wildman–Crippen MR) is 93.4 cm³/mol. The molecule has 1 aromatic carbocycles. The Hall–Kier alpha value is -2.80. The molecule has 1 aromatic heterocycles. The number of fused-ring (bicyclic) bond motifs is 1. The molecule has 26 heavy (non-hydrogen) atoms. The van der Waals surface area contributed by atoms with Crippen LogP contribution in [0, 0.1) is 5.92 Å². The van der Waals surface area contributed by atoms with Crippen molar-refractivity contribution in [1.29, 1.82) is 0 Å². The number of benzene rings is 1. The number of nitrogens with zero attached hydrogens (tertiary/aromatic N) is 1. The van der Waals surface area contributed by atoms with Crippen molar-refractivity contribution < 1.29 is 18.7 Å². The lowest BCUT2D eigenvalue weighted by atomic mass is 9.77. The van der Waals surface area contributed by atoms with Gasteiger partial charge in [0.2, 0.25) is 5.91 Å². The lowest BCUT2D eigenvalue weighted by molar-refractivity contribution is -0.131. The molecule has 2 aliphatic heterocycles. The first-order valence-electron chi connectivity index (χ1n) is 8.68. The molecule has 3 heterocycles. The van der Waals surface area contributed by atoms with Crippen molar-refractivity contribution in [3.63, 3.8) is 0 Å².